The van der Waals surface area contributed by atoms with Crippen molar-refractivity contribution >= 4 is 5.91 Å². The summed E-state index contributed by atoms with van der Waals surface area (Å²) < 4.78 is 5.40. The summed E-state index contributed by atoms with van der Waals surface area (Å²) >= 11 is 0. The van der Waals surface area contributed by atoms with Crippen molar-refractivity contribution in [1.29, 1.82) is 0 Å². The van der Waals surface area contributed by atoms with Gasteiger partial charge in [0.15, 0.2) is 0 Å². The topological polar surface area (TPSA) is 55.6 Å². The number of amides is 1. The number of ether oxygens (including phenoxy) is 1. The number of rotatable bonds is 6. The lowest BCUT2D eigenvalue weighted by Crippen LogP contribution is -2.51. The predicted molar refractivity (Wildman–Crippen MR) is 84.0 cm³/mol. The molecule has 116 valence electrons. The highest BCUT2D eigenvalue weighted by molar-refractivity contribution is 5.76. The Bertz CT molecular complexity index is 436. The molecule has 2 atom stereocenters. The summed E-state index contributed by atoms with van der Waals surface area (Å²) in [7, 11) is 1.73. The van der Waals surface area contributed by atoms with Gasteiger partial charge in [0.2, 0.25) is 5.91 Å². The average molecular weight is 290 g/mol. The highest BCUT2D eigenvalue weighted by Gasteiger charge is 2.30. The molecule has 1 fully saturated rings. The Morgan fingerprint density at radius 2 is 2.14 bits per heavy atom. The van der Waals surface area contributed by atoms with E-state index in [4.69, 9.17) is 10.5 Å². The summed E-state index contributed by atoms with van der Waals surface area (Å²) in [6.07, 6.45) is 4.46. The normalized spacial score (nSPS) is 22.3. The first-order valence-electron chi connectivity index (χ1n) is 7.81. The fourth-order valence-electron chi connectivity index (χ4n) is 3.01. The van der Waals surface area contributed by atoms with Crippen LogP contribution in [0, 0.1) is 0 Å². The highest BCUT2D eigenvalue weighted by Crippen LogP contribution is 2.20. The molecule has 0 spiro atoms. The smallest absolute Gasteiger partial charge is 0.222 e. The number of nitrogens with two attached hydrogens (primary N) is 1. The first-order chi connectivity index (χ1) is 10.2. The summed E-state index contributed by atoms with van der Waals surface area (Å²) in [5, 5.41) is 0. The molecule has 1 amide bonds. The van der Waals surface area contributed by atoms with Gasteiger partial charge in [0.25, 0.3) is 0 Å². The van der Waals surface area contributed by atoms with Gasteiger partial charge < -0.3 is 15.4 Å². The van der Waals surface area contributed by atoms with Crippen molar-refractivity contribution in [2.24, 2.45) is 5.73 Å². The van der Waals surface area contributed by atoms with E-state index in [9.17, 15) is 4.79 Å². The summed E-state index contributed by atoms with van der Waals surface area (Å²) in [6.45, 7) is 1.29. The zero-order valence-corrected chi connectivity index (χ0v) is 12.8. The van der Waals surface area contributed by atoms with E-state index in [2.05, 4.69) is 12.1 Å². The van der Waals surface area contributed by atoms with Gasteiger partial charge >= 0.3 is 0 Å². The van der Waals surface area contributed by atoms with Crippen molar-refractivity contribution in [1.82, 2.24) is 4.90 Å². The molecule has 0 bridgehead atoms. The van der Waals surface area contributed by atoms with Crippen LogP contribution in [0.2, 0.25) is 0 Å². The number of benzene rings is 1. The zero-order chi connectivity index (χ0) is 15.1. The van der Waals surface area contributed by atoms with Crippen molar-refractivity contribution in [3.8, 4) is 0 Å². The van der Waals surface area contributed by atoms with Crippen LogP contribution in [-0.4, -0.2) is 43.2 Å². The van der Waals surface area contributed by atoms with Crippen molar-refractivity contribution in [2.75, 3.05) is 20.2 Å². The van der Waals surface area contributed by atoms with Gasteiger partial charge in [0, 0.05) is 32.7 Å². The minimum absolute atomic E-state index is 0.132. The Labute approximate surface area is 127 Å². The van der Waals surface area contributed by atoms with Gasteiger partial charge in [-0.05, 0) is 31.2 Å². The number of aryl methyl sites for hydroxylation is 1. The molecule has 4 heteroatoms. The Balaban J connectivity index is 1.79. The SMILES string of the molecule is COC1CCN(C(=O)CCCc2ccccc2)C(CN)C1. The van der Waals surface area contributed by atoms with Gasteiger partial charge in [-0.3, -0.25) is 4.79 Å². The molecule has 2 N–H and O–H groups in total. The van der Waals surface area contributed by atoms with Crippen LogP contribution < -0.4 is 5.73 Å². The number of nitrogens with zero attached hydrogens (tertiary/aromatic N) is 1. The number of likely N-dealkylation sites (tertiary alicyclic amines) is 1. The Kier molecular flexibility index (Phi) is 6.21. The Hall–Kier alpha value is -1.39. The fourth-order valence-corrected chi connectivity index (χ4v) is 3.01. The molecule has 1 heterocycles. The van der Waals surface area contributed by atoms with Crippen LogP contribution in [0.4, 0.5) is 0 Å². The van der Waals surface area contributed by atoms with Crippen molar-refractivity contribution in [3.05, 3.63) is 35.9 Å². The van der Waals surface area contributed by atoms with Crippen LogP contribution in [0.5, 0.6) is 0 Å². The van der Waals surface area contributed by atoms with Gasteiger partial charge in [0.1, 0.15) is 0 Å². The van der Waals surface area contributed by atoms with Gasteiger partial charge in [-0.25, -0.2) is 0 Å². The number of hydrogen-bond donors (Lipinski definition) is 1. The second kappa shape index (κ2) is 8.15. The first kappa shape index (κ1) is 16.0. The molecule has 0 aromatic heterocycles. The summed E-state index contributed by atoms with van der Waals surface area (Å²) in [4.78, 5) is 14.3. The minimum atomic E-state index is 0.132. The molecule has 1 aliphatic rings. The Morgan fingerprint density at radius 1 is 1.38 bits per heavy atom. The van der Waals surface area contributed by atoms with Crippen LogP contribution in [0.15, 0.2) is 30.3 Å². The number of carbonyl (C=O) groups is 1. The lowest BCUT2D eigenvalue weighted by atomic mass is 9.98. The number of hydrogen-bond acceptors (Lipinski definition) is 3. The number of carbonyl (C=O) groups excluding carboxylic acids is 1. The molecule has 2 rings (SSSR count). The largest absolute Gasteiger partial charge is 0.381 e. The summed E-state index contributed by atoms with van der Waals surface area (Å²) in [5.74, 6) is 0.232. The number of piperidine rings is 1. The summed E-state index contributed by atoms with van der Waals surface area (Å²) in [5.41, 5.74) is 7.11. The Morgan fingerprint density at radius 3 is 2.81 bits per heavy atom. The second-order valence-electron chi connectivity index (χ2n) is 5.70. The van der Waals surface area contributed by atoms with Crippen LogP contribution in [0.25, 0.3) is 0 Å². The van der Waals surface area contributed by atoms with Crippen molar-refractivity contribution < 1.29 is 9.53 Å². The second-order valence-corrected chi connectivity index (χ2v) is 5.70. The van der Waals surface area contributed by atoms with Gasteiger partial charge in [-0.15, -0.1) is 0 Å². The summed E-state index contributed by atoms with van der Waals surface area (Å²) in [6, 6.07) is 10.4. The highest BCUT2D eigenvalue weighted by atomic mass is 16.5. The molecule has 1 aliphatic heterocycles. The van der Waals surface area contributed by atoms with Crippen LogP contribution in [-0.2, 0) is 16.0 Å². The quantitative estimate of drug-likeness (QED) is 0.871. The average Bonchev–Trinajstić information content (AvgIpc) is 2.55. The molecule has 1 aromatic carbocycles. The third-order valence-corrected chi connectivity index (χ3v) is 4.29. The van der Waals surface area contributed by atoms with Crippen LogP contribution >= 0.6 is 0 Å². The minimum Gasteiger partial charge on any atom is -0.381 e. The van der Waals surface area contributed by atoms with Gasteiger partial charge in [-0.2, -0.15) is 0 Å². The molecule has 21 heavy (non-hydrogen) atoms. The van der Waals surface area contributed by atoms with E-state index < -0.39 is 0 Å². The fraction of sp³-hybridized carbons (Fsp3) is 0.588. The molecule has 2 unspecified atom stereocenters. The van der Waals surface area contributed by atoms with Crippen LogP contribution in [0.1, 0.15) is 31.2 Å². The number of methoxy groups -OCH3 is 1. The molecule has 0 aliphatic carbocycles. The third-order valence-electron chi connectivity index (χ3n) is 4.29. The lowest BCUT2D eigenvalue weighted by molar-refractivity contribution is -0.136. The molecule has 0 radical (unpaired) electrons. The van der Waals surface area contributed by atoms with Crippen molar-refractivity contribution in [3.63, 3.8) is 0 Å². The maximum Gasteiger partial charge on any atom is 0.222 e. The van der Waals surface area contributed by atoms with E-state index in [0.717, 1.165) is 32.2 Å². The predicted octanol–water partition coefficient (Wildman–Crippen LogP) is 1.97. The maximum atomic E-state index is 12.4. The van der Waals surface area contributed by atoms with E-state index in [1.807, 2.05) is 23.1 Å². The maximum absolute atomic E-state index is 12.4. The first-order valence-corrected chi connectivity index (χ1v) is 7.81. The molecule has 0 saturated carbocycles. The molecule has 1 aromatic rings. The van der Waals surface area contributed by atoms with Gasteiger partial charge in [0.05, 0.1) is 6.10 Å². The van der Waals surface area contributed by atoms with E-state index in [0.29, 0.717) is 13.0 Å². The monoisotopic (exact) mass is 290 g/mol. The lowest BCUT2D eigenvalue weighted by Gasteiger charge is -2.38. The molecular weight excluding hydrogens is 264 g/mol. The van der Waals surface area contributed by atoms with E-state index in [-0.39, 0.29) is 18.1 Å². The van der Waals surface area contributed by atoms with E-state index >= 15 is 0 Å². The third kappa shape index (κ3) is 4.55. The molecule has 4 nitrogen and oxygen atoms in total. The van der Waals surface area contributed by atoms with Gasteiger partial charge in [-0.1, -0.05) is 30.3 Å². The molecule has 1 saturated heterocycles. The van der Waals surface area contributed by atoms with Crippen LogP contribution in [0.3, 0.4) is 0 Å². The molecular formula is C17H26N2O2. The van der Waals surface area contributed by atoms with E-state index in [1.54, 1.807) is 7.11 Å². The zero-order valence-electron chi connectivity index (χ0n) is 12.8. The van der Waals surface area contributed by atoms with Crippen molar-refractivity contribution in [2.45, 2.75) is 44.2 Å². The van der Waals surface area contributed by atoms with E-state index in [1.165, 1.54) is 5.56 Å². The standard InChI is InChI=1S/C17H26N2O2/c1-21-16-10-11-19(15(12-16)13-18)17(20)9-5-8-14-6-3-2-4-7-14/h2-4,6-7,15-16H,5,8-13,18H2,1H3.